The van der Waals surface area contributed by atoms with E-state index in [4.69, 9.17) is 0 Å². The molecule has 2 atom stereocenters. The number of rotatable bonds is 2. The van der Waals surface area contributed by atoms with Crippen LogP contribution in [0.15, 0.2) is 15.7 Å². The molecule has 2 heterocycles. The molecule has 0 aromatic carbocycles. The minimum Gasteiger partial charge on any atom is -0.223 e. The van der Waals surface area contributed by atoms with E-state index in [0.29, 0.717) is 10.1 Å². The second-order valence-corrected chi connectivity index (χ2v) is 7.72. The Bertz CT molecular complexity index is 445. The third kappa shape index (κ3) is 1.74. The maximum atomic E-state index is 12.0. The molecule has 1 aliphatic rings. The van der Waals surface area contributed by atoms with Gasteiger partial charge in [0.1, 0.15) is 4.21 Å². The normalized spacial score (nSPS) is 28.7. The molecule has 0 spiro atoms. The van der Waals surface area contributed by atoms with Gasteiger partial charge in [0.05, 0.1) is 5.25 Å². The summed E-state index contributed by atoms with van der Waals surface area (Å²) in [6.07, 6.45) is 3.01. The predicted molar refractivity (Wildman–Crippen MR) is 63.2 cm³/mol. The fourth-order valence-electron chi connectivity index (χ4n) is 2.30. The molecular weight excluding hydrogens is 228 g/mol. The van der Waals surface area contributed by atoms with E-state index in [1.165, 1.54) is 11.3 Å². The first-order chi connectivity index (χ1) is 7.07. The lowest BCUT2D eigenvalue weighted by atomic mass is 9.92. The molecule has 2 nitrogen and oxygen atoms in total. The zero-order valence-corrected chi connectivity index (χ0v) is 10.7. The summed E-state index contributed by atoms with van der Waals surface area (Å²) in [4.78, 5) is 0. The van der Waals surface area contributed by atoms with Gasteiger partial charge in [0.2, 0.25) is 0 Å². The van der Waals surface area contributed by atoms with Crippen LogP contribution in [0.2, 0.25) is 0 Å². The van der Waals surface area contributed by atoms with Gasteiger partial charge in [-0.15, -0.1) is 11.3 Å². The molecule has 1 aliphatic heterocycles. The van der Waals surface area contributed by atoms with Crippen molar-refractivity contribution in [2.75, 3.05) is 0 Å². The van der Waals surface area contributed by atoms with E-state index < -0.39 is 9.84 Å². The Morgan fingerprint density at radius 1 is 1.53 bits per heavy atom. The summed E-state index contributed by atoms with van der Waals surface area (Å²) in [6, 6.07) is 1.99. The SMILES string of the molecule is CCC[C@H]1C[C@H](C)S(=O)(=O)c2sccc21. The summed E-state index contributed by atoms with van der Waals surface area (Å²) in [5.74, 6) is 0.453. The van der Waals surface area contributed by atoms with Crippen LogP contribution in [0, 0.1) is 0 Å². The standard InChI is InChI=1S/C11H16O2S2/c1-3-4-9-7-8(2)15(12,13)11-10(9)5-6-14-11/h5-6,8-9H,3-4,7H2,1-2H3/t8-,9-/m0/s1. The summed E-state index contributed by atoms with van der Waals surface area (Å²) in [6.45, 7) is 3.99. The lowest BCUT2D eigenvalue weighted by molar-refractivity contribution is 0.512. The Morgan fingerprint density at radius 3 is 2.93 bits per heavy atom. The predicted octanol–water partition coefficient (Wildman–Crippen LogP) is 3.20. The first-order valence-electron chi connectivity index (χ1n) is 5.38. The Balaban J connectivity index is 2.48. The van der Waals surface area contributed by atoms with Gasteiger partial charge in [-0.25, -0.2) is 8.42 Å². The van der Waals surface area contributed by atoms with E-state index in [-0.39, 0.29) is 5.25 Å². The van der Waals surface area contributed by atoms with Crippen LogP contribution in [0.3, 0.4) is 0 Å². The van der Waals surface area contributed by atoms with Gasteiger partial charge in [-0.1, -0.05) is 13.3 Å². The third-order valence-electron chi connectivity index (χ3n) is 3.14. The summed E-state index contributed by atoms with van der Waals surface area (Å²) >= 11 is 1.38. The molecule has 0 bridgehead atoms. The smallest absolute Gasteiger partial charge is 0.190 e. The monoisotopic (exact) mass is 244 g/mol. The summed E-state index contributed by atoms with van der Waals surface area (Å²) < 4.78 is 24.7. The summed E-state index contributed by atoms with van der Waals surface area (Å²) in [5.41, 5.74) is 1.07. The Kier molecular flexibility index (Phi) is 2.90. The van der Waals surface area contributed by atoms with E-state index in [0.717, 1.165) is 24.8 Å². The zero-order valence-electron chi connectivity index (χ0n) is 9.06. The minimum atomic E-state index is -3.01. The van der Waals surface area contributed by atoms with Gasteiger partial charge in [-0.3, -0.25) is 0 Å². The number of sulfone groups is 1. The molecule has 1 aromatic heterocycles. The molecule has 15 heavy (non-hydrogen) atoms. The Hall–Kier alpha value is -0.350. The second-order valence-electron chi connectivity index (χ2n) is 4.24. The number of thiophene rings is 1. The first-order valence-corrected chi connectivity index (χ1v) is 7.81. The van der Waals surface area contributed by atoms with Crippen molar-refractivity contribution < 1.29 is 8.42 Å². The van der Waals surface area contributed by atoms with Crippen molar-refractivity contribution in [1.29, 1.82) is 0 Å². The lowest BCUT2D eigenvalue weighted by Gasteiger charge is -2.26. The van der Waals surface area contributed by atoms with E-state index in [9.17, 15) is 8.42 Å². The van der Waals surface area contributed by atoms with E-state index >= 15 is 0 Å². The molecule has 0 aliphatic carbocycles. The van der Waals surface area contributed by atoms with Crippen LogP contribution in [0.4, 0.5) is 0 Å². The zero-order chi connectivity index (χ0) is 11.1. The van der Waals surface area contributed by atoms with Crippen molar-refractivity contribution in [1.82, 2.24) is 0 Å². The molecule has 4 heteroatoms. The molecule has 0 unspecified atom stereocenters. The third-order valence-corrected chi connectivity index (χ3v) is 6.85. The highest BCUT2D eigenvalue weighted by molar-refractivity contribution is 7.94. The maximum Gasteiger partial charge on any atom is 0.190 e. The van der Waals surface area contributed by atoms with Crippen molar-refractivity contribution in [2.24, 2.45) is 0 Å². The topological polar surface area (TPSA) is 34.1 Å². The van der Waals surface area contributed by atoms with Gasteiger partial charge in [-0.2, -0.15) is 0 Å². The molecule has 2 rings (SSSR count). The molecule has 0 saturated carbocycles. The molecule has 0 amide bonds. The largest absolute Gasteiger partial charge is 0.223 e. The van der Waals surface area contributed by atoms with Crippen molar-refractivity contribution in [2.45, 2.75) is 48.5 Å². The van der Waals surface area contributed by atoms with Crippen molar-refractivity contribution in [3.05, 3.63) is 17.0 Å². The molecular formula is C11H16O2S2. The van der Waals surface area contributed by atoms with Crippen LogP contribution in [-0.2, 0) is 9.84 Å². The molecule has 0 radical (unpaired) electrons. The van der Waals surface area contributed by atoms with Gasteiger partial charge < -0.3 is 0 Å². The van der Waals surface area contributed by atoms with Gasteiger partial charge in [-0.05, 0) is 42.7 Å². The van der Waals surface area contributed by atoms with Crippen LogP contribution in [-0.4, -0.2) is 13.7 Å². The number of fused-ring (bicyclic) bond motifs is 1. The average molecular weight is 244 g/mol. The Labute approximate surface area is 95.2 Å². The molecule has 0 fully saturated rings. The average Bonchev–Trinajstić information content (AvgIpc) is 2.64. The fourth-order valence-corrected chi connectivity index (χ4v) is 5.62. The molecule has 0 N–H and O–H groups in total. The summed E-state index contributed by atoms with van der Waals surface area (Å²) in [7, 11) is -3.01. The van der Waals surface area contributed by atoms with Gasteiger partial charge in [0.25, 0.3) is 0 Å². The summed E-state index contributed by atoms with van der Waals surface area (Å²) in [5, 5.41) is 1.70. The van der Waals surface area contributed by atoms with E-state index in [1.54, 1.807) is 0 Å². The van der Waals surface area contributed by atoms with Crippen molar-refractivity contribution in [3.8, 4) is 0 Å². The van der Waals surface area contributed by atoms with E-state index in [1.807, 2.05) is 18.4 Å². The van der Waals surface area contributed by atoms with Crippen LogP contribution in [0.25, 0.3) is 0 Å². The van der Waals surface area contributed by atoms with Crippen LogP contribution in [0.5, 0.6) is 0 Å². The number of hydrogen-bond acceptors (Lipinski definition) is 3. The van der Waals surface area contributed by atoms with Crippen molar-refractivity contribution >= 4 is 21.2 Å². The fraction of sp³-hybridized carbons (Fsp3) is 0.636. The van der Waals surface area contributed by atoms with Crippen molar-refractivity contribution in [3.63, 3.8) is 0 Å². The van der Waals surface area contributed by atoms with Gasteiger partial charge in [0, 0.05) is 0 Å². The second kappa shape index (κ2) is 3.91. The molecule has 1 aromatic rings. The molecule has 84 valence electrons. The minimum absolute atomic E-state index is 0.208. The van der Waals surface area contributed by atoms with Crippen LogP contribution in [0.1, 0.15) is 44.6 Å². The lowest BCUT2D eigenvalue weighted by Crippen LogP contribution is -2.26. The number of hydrogen-bond donors (Lipinski definition) is 0. The van der Waals surface area contributed by atoms with Crippen LogP contribution >= 0.6 is 11.3 Å². The highest BCUT2D eigenvalue weighted by Gasteiger charge is 2.36. The quantitative estimate of drug-likeness (QED) is 0.800. The van der Waals surface area contributed by atoms with E-state index in [2.05, 4.69) is 6.92 Å². The highest BCUT2D eigenvalue weighted by atomic mass is 32.2. The first kappa shape index (κ1) is 11.1. The van der Waals surface area contributed by atoms with Gasteiger partial charge in [0.15, 0.2) is 9.84 Å². The maximum absolute atomic E-state index is 12.0. The Morgan fingerprint density at radius 2 is 2.27 bits per heavy atom. The van der Waals surface area contributed by atoms with Crippen LogP contribution < -0.4 is 0 Å². The van der Waals surface area contributed by atoms with Gasteiger partial charge >= 0.3 is 0 Å². The highest BCUT2D eigenvalue weighted by Crippen LogP contribution is 2.42. The molecule has 0 saturated heterocycles.